The number of ether oxygens (including phenoxy) is 2. The Kier molecular flexibility index (Phi) is 5.81. The molecule has 1 saturated heterocycles. The minimum absolute atomic E-state index is 0.0704. The number of rotatable bonds is 8. The number of likely N-dealkylation sites (tertiary alicyclic amines) is 1. The molecule has 1 heterocycles. The van der Waals surface area contributed by atoms with Crippen LogP contribution in [0, 0.1) is 0 Å². The molecule has 28 heavy (non-hydrogen) atoms. The average molecular weight is 380 g/mol. The quantitative estimate of drug-likeness (QED) is 0.695. The van der Waals surface area contributed by atoms with Gasteiger partial charge in [-0.3, -0.25) is 9.69 Å². The first-order valence-corrected chi connectivity index (χ1v) is 10.2. The highest BCUT2D eigenvalue weighted by Gasteiger charge is 2.26. The van der Waals surface area contributed by atoms with Gasteiger partial charge in [0.2, 0.25) is 0 Å². The molecule has 0 N–H and O–H groups in total. The summed E-state index contributed by atoms with van der Waals surface area (Å²) in [5.74, 6) is 1.43. The van der Waals surface area contributed by atoms with E-state index in [1.54, 1.807) is 11.9 Å². The second-order valence-electron chi connectivity index (χ2n) is 7.57. The van der Waals surface area contributed by atoms with Gasteiger partial charge < -0.3 is 14.4 Å². The zero-order chi connectivity index (χ0) is 19.3. The van der Waals surface area contributed by atoms with Crippen molar-refractivity contribution in [3.63, 3.8) is 0 Å². The third kappa shape index (κ3) is 4.65. The maximum atomic E-state index is 13.0. The van der Waals surface area contributed by atoms with Gasteiger partial charge in [-0.2, -0.15) is 0 Å². The number of nitrogens with zero attached hydrogens (tertiary/aromatic N) is 2. The monoisotopic (exact) mass is 380 g/mol. The number of benzene rings is 2. The zero-order valence-corrected chi connectivity index (χ0v) is 16.5. The Balaban J connectivity index is 1.36. The van der Waals surface area contributed by atoms with Crippen LogP contribution in [0.2, 0.25) is 0 Å². The summed E-state index contributed by atoms with van der Waals surface area (Å²) in [5, 5.41) is 0. The summed E-state index contributed by atoms with van der Waals surface area (Å²) in [4.78, 5) is 17.1. The number of carbonyl (C=O) groups is 1. The molecule has 1 saturated carbocycles. The standard InChI is InChI=1S/C23H28N2O3/c1-24(23(26)21-6-2-3-7-22(21)28-20-12-13-20)18-8-10-19(11-9-18)27-17-16-25-14-4-5-15-25/h2-3,6-11,20H,4-5,12-17H2,1H3. The average Bonchev–Trinajstić information content (AvgIpc) is 3.39. The van der Waals surface area contributed by atoms with E-state index in [9.17, 15) is 4.79 Å². The normalized spacial score (nSPS) is 16.8. The molecule has 0 spiro atoms. The maximum Gasteiger partial charge on any atom is 0.261 e. The molecule has 5 heteroatoms. The first-order chi connectivity index (χ1) is 13.7. The van der Waals surface area contributed by atoms with E-state index < -0.39 is 0 Å². The van der Waals surface area contributed by atoms with E-state index in [0.29, 0.717) is 17.9 Å². The number of para-hydroxylation sites is 1. The molecule has 0 unspecified atom stereocenters. The fourth-order valence-corrected chi connectivity index (χ4v) is 3.47. The number of hydrogen-bond acceptors (Lipinski definition) is 4. The summed E-state index contributed by atoms with van der Waals surface area (Å²) >= 11 is 0. The van der Waals surface area contributed by atoms with Gasteiger partial charge in [-0.1, -0.05) is 12.1 Å². The highest BCUT2D eigenvalue weighted by molar-refractivity contribution is 6.07. The Hall–Kier alpha value is -2.53. The first-order valence-electron chi connectivity index (χ1n) is 10.2. The summed E-state index contributed by atoms with van der Waals surface area (Å²) in [7, 11) is 1.79. The molecule has 5 nitrogen and oxygen atoms in total. The van der Waals surface area contributed by atoms with Gasteiger partial charge in [0.15, 0.2) is 0 Å². The van der Waals surface area contributed by atoms with E-state index in [4.69, 9.17) is 9.47 Å². The molecule has 0 atom stereocenters. The van der Waals surface area contributed by atoms with Crippen LogP contribution >= 0.6 is 0 Å². The molecule has 1 aliphatic carbocycles. The lowest BCUT2D eigenvalue weighted by molar-refractivity contribution is 0.0988. The number of anilines is 1. The summed E-state index contributed by atoms with van der Waals surface area (Å²) in [6.45, 7) is 4.03. The fraction of sp³-hybridized carbons (Fsp3) is 0.435. The van der Waals surface area contributed by atoms with Crippen LogP contribution in [0.5, 0.6) is 11.5 Å². The highest BCUT2D eigenvalue weighted by Crippen LogP contribution is 2.30. The van der Waals surface area contributed by atoms with Gasteiger partial charge in [0.1, 0.15) is 18.1 Å². The Morgan fingerprint density at radius 2 is 1.79 bits per heavy atom. The fourth-order valence-electron chi connectivity index (χ4n) is 3.47. The molecule has 0 aromatic heterocycles. The molecule has 2 aliphatic rings. The van der Waals surface area contributed by atoms with Crippen LogP contribution in [-0.2, 0) is 0 Å². The summed E-state index contributed by atoms with van der Waals surface area (Å²) in [6.07, 6.45) is 4.99. The van der Waals surface area contributed by atoms with Gasteiger partial charge >= 0.3 is 0 Å². The lowest BCUT2D eigenvalue weighted by Gasteiger charge is -2.20. The predicted octanol–water partition coefficient (Wildman–Crippen LogP) is 3.98. The second kappa shape index (κ2) is 8.65. The second-order valence-corrected chi connectivity index (χ2v) is 7.57. The van der Waals surface area contributed by atoms with Crippen LogP contribution in [0.15, 0.2) is 48.5 Å². The van der Waals surface area contributed by atoms with Crippen LogP contribution in [0.1, 0.15) is 36.0 Å². The van der Waals surface area contributed by atoms with E-state index in [2.05, 4.69) is 4.90 Å². The van der Waals surface area contributed by atoms with Crippen molar-refractivity contribution < 1.29 is 14.3 Å². The molecule has 4 rings (SSSR count). The SMILES string of the molecule is CN(C(=O)c1ccccc1OC1CC1)c1ccc(OCCN2CCCC2)cc1. The van der Waals surface area contributed by atoms with Crippen molar-refractivity contribution in [2.75, 3.05) is 38.2 Å². The molecule has 1 aliphatic heterocycles. The Labute approximate surface area is 166 Å². The first kappa shape index (κ1) is 18.8. The number of hydrogen-bond donors (Lipinski definition) is 0. The van der Waals surface area contributed by atoms with E-state index in [0.717, 1.165) is 30.8 Å². The Bertz CT molecular complexity index is 796. The highest BCUT2D eigenvalue weighted by atomic mass is 16.5. The van der Waals surface area contributed by atoms with Gasteiger partial charge in [0.05, 0.1) is 11.7 Å². The van der Waals surface area contributed by atoms with Crippen LogP contribution < -0.4 is 14.4 Å². The molecular weight excluding hydrogens is 352 g/mol. The molecule has 148 valence electrons. The van der Waals surface area contributed by atoms with Crippen LogP contribution in [0.4, 0.5) is 5.69 Å². The largest absolute Gasteiger partial charge is 0.492 e. The van der Waals surface area contributed by atoms with E-state index >= 15 is 0 Å². The molecular formula is C23H28N2O3. The predicted molar refractivity (Wildman–Crippen MR) is 110 cm³/mol. The molecule has 0 radical (unpaired) electrons. The summed E-state index contributed by atoms with van der Waals surface area (Å²) in [5.41, 5.74) is 1.43. The third-order valence-electron chi connectivity index (χ3n) is 5.34. The van der Waals surface area contributed by atoms with Crippen LogP contribution in [0.25, 0.3) is 0 Å². The minimum atomic E-state index is -0.0704. The van der Waals surface area contributed by atoms with Crippen molar-refractivity contribution in [3.8, 4) is 11.5 Å². The zero-order valence-electron chi connectivity index (χ0n) is 16.5. The van der Waals surface area contributed by atoms with Gasteiger partial charge in [-0.25, -0.2) is 0 Å². The van der Waals surface area contributed by atoms with Crippen LogP contribution in [0.3, 0.4) is 0 Å². The molecule has 2 aromatic rings. The minimum Gasteiger partial charge on any atom is -0.492 e. The van der Waals surface area contributed by atoms with Crippen molar-refractivity contribution in [1.29, 1.82) is 0 Å². The van der Waals surface area contributed by atoms with Crippen molar-refractivity contribution in [2.45, 2.75) is 31.8 Å². The van der Waals surface area contributed by atoms with Crippen molar-refractivity contribution in [3.05, 3.63) is 54.1 Å². The lowest BCUT2D eigenvalue weighted by atomic mass is 10.1. The van der Waals surface area contributed by atoms with Gasteiger partial charge in [0.25, 0.3) is 5.91 Å². The Morgan fingerprint density at radius 1 is 1.07 bits per heavy atom. The van der Waals surface area contributed by atoms with Gasteiger partial charge in [-0.05, 0) is 75.2 Å². The molecule has 2 aromatic carbocycles. The summed E-state index contributed by atoms with van der Waals surface area (Å²) in [6, 6.07) is 15.2. The van der Waals surface area contributed by atoms with Crippen molar-refractivity contribution in [2.24, 2.45) is 0 Å². The van der Waals surface area contributed by atoms with Crippen molar-refractivity contribution >= 4 is 11.6 Å². The molecule has 0 bridgehead atoms. The maximum absolute atomic E-state index is 13.0. The van der Waals surface area contributed by atoms with Crippen molar-refractivity contribution in [1.82, 2.24) is 4.90 Å². The lowest BCUT2D eigenvalue weighted by Crippen LogP contribution is -2.27. The van der Waals surface area contributed by atoms with Gasteiger partial charge in [-0.15, -0.1) is 0 Å². The summed E-state index contributed by atoms with van der Waals surface area (Å²) < 4.78 is 11.8. The van der Waals surface area contributed by atoms with Gasteiger partial charge in [0, 0.05) is 19.3 Å². The molecule has 1 amide bonds. The Morgan fingerprint density at radius 3 is 2.50 bits per heavy atom. The van der Waals surface area contributed by atoms with Crippen LogP contribution in [-0.4, -0.2) is 50.2 Å². The number of amides is 1. The smallest absolute Gasteiger partial charge is 0.261 e. The topological polar surface area (TPSA) is 42.0 Å². The third-order valence-corrected chi connectivity index (χ3v) is 5.34. The molecule has 2 fully saturated rings. The number of carbonyl (C=O) groups excluding carboxylic acids is 1. The van der Waals surface area contributed by atoms with E-state index in [1.807, 2.05) is 48.5 Å². The van der Waals surface area contributed by atoms with E-state index in [1.165, 1.54) is 25.9 Å². The van der Waals surface area contributed by atoms with E-state index in [-0.39, 0.29) is 12.0 Å².